The molecule has 5 heterocycles. The number of ether oxygens (including phenoxy) is 1. The topological polar surface area (TPSA) is 130 Å². The van der Waals surface area contributed by atoms with E-state index in [-0.39, 0.29) is 17.2 Å². The van der Waals surface area contributed by atoms with E-state index in [1.165, 1.54) is 11.3 Å². The van der Waals surface area contributed by atoms with Gasteiger partial charge in [0.15, 0.2) is 11.1 Å². The molecule has 0 aromatic carbocycles. The van der Waals surface area contributed by atoms with Gasteiger partial charge in [-0.25, -0.2) is 4.98 Å². The van der Waals surface area contributed by atoms with Crippen molar-refractivity contribution < 1.29 is 14.6 Å². The maximum Gasteiger partial charge on any atom is 0.269 e. The number of carbonyl (C=O) groups excluding carboxylic acids is 1. The van der Waals surface area contributed by atoms with Gasteiger partial charge in [-0.3, -0.25) is 9.59 Å². The Morgan fingerprint density at radius 3 is 2.69 bits per heavy atom. The van der Waals surface area contributed by atoms with Crippen LogP contribution in [0.25, 0.3) is 19.8 Å². The number of thiophene rings is 2. The Morgan fingerprint density at radius 2 is 1.90 bits per heavy atom. The zero-order chi connectivity index (χ0) is 26.9. The first kappa shape index (κ1) is 26.2. The number of morpholine rings is 1. The summed E-state index contributed by atoms with van der Waals surface area (Å²) in [6.45, 7) is 2.88. The number of amides is 1. The van der Waals surface area contributed by atoms with Gasteiger partial charge in [-0.05, 0) is 25.0 Å². The lowest BCUT2D eigenvalue weighted by Crippen LogP contribution is -2.36. The fourth-order valence-corrected chi connectivity index (χ4v) is 8.45. The Hall–Kier alpha value is -3.03. The van der Waals surface area contributed by atoms with Crippen molar-refractivity contribution in [2.24, 2.45) is 5.73 Å². The summed E-state index contributed by atoms with van der Waals surface area (Å²) < 4.78 is 7.22. The van der Waals surface area contributed by atoms with Gasteiger partial charge in [0.05, 0.1) is 57.3 Å². The first-order valence-electron chi connectivity index (χ1n) is 12.9. The Labute approximate surface area is 237 Å². The molecule has 204 valence electrons. The van der Waals surface area contributed by atoms with Crippen LogP contribution in [0.4, 0.5) is 22.1 Å². The van der Waals surface area contributed by atoms with Gasteiger partial charge < -0.3 is 31.1 Å². The number of nitrogens with two attached hydrogens (primary N) is 1. The molecule has 1 saturated heterocycles. The predicted octanol–water partition coefficient (Wildman–Crippen LogP) is 4.84. The highest BCUT2D eigenvalue weighted by Gasteiger charge is 2.24. The first-order chi connectivity index (χ1) is 19.0. The lowest BCUT2D eigenvalue weighted by atomic mass is 9.92. The number of anilines is 4. The molecule has 2 atom stereocenters. The van der Waals surface area contributed by atoms with E-state index in [9.17, 15) is 14.7 Å². The van der Waals surface area contributed by atoms with E-state index in [1.807, 2.05) is 22.9 Å². The minimum absolute atomic E-state index is 0.0426. The highest BCUT2D eigenvalue weighted by atomic mass is 32.1. The third-order valence-corrected chi connectivity index (χ3v) is 10.4. The molecule has 1 aliphatic carbocycles. The quantitative estimate of drug-likeness (QED) is 0.243. The maximum absolute atomic E-state index is 12.9. The molecule has 2 aliphatic rings. The molecule has 6 rings (SSSR count). The second-order valence-corrected chi connectivity index (χ2v) is 12.6. The first-order valence-corrected chi connectivity index (χ1v) is 15.5. The number of aliphatic hydroxyl groups is 1. The Morgan fingerprint density at radius 1 is 1.08 bits per heavy atom. The Kier molecular flexibility index (Phi) is 7.54. The van der Waals surface area contributed by atoms with Gasteiger partial charge in [0.1, 0.15) is 0 Å². The number of aromatic nitrogens is 1. The van der Waals surface area contributed by atoms with E-state index in [0.717, 1.165) is 69.3 Å². The highest BCUT2D eigenvalue weighted by molar-refractivity contribution is 7.29. The summed E-state index contributed by atoms with van der Waals surface area (Å²) in [5, 5.41) is 22.0. The number of fused-ring (bicyclic) bond motifs is 1. The molecule has 39 heavy (non-hydrogen) atoms. The molecule has 4 aromatic heterocycles. The second-order valence-electron chi connectivity index (χ2n) is 9.77. The van der Waals surface area contributed by atoms with Gasteiger partial charge in [0, 0.05) is 46.0 Å². The standard InChI is InChI=1S/C27H29N5O4S3/c28-27(35)24-19(9-15(12-29-24)30-18-3-1-2-4-20(18)33)31-16-10-22(37-13-16)17-14-38-26-21(34)11-23(39-25(17)26)32-5-7-36-8-6-32/h9-14,18,20,30-31,33H,1-8H2,(H2,28,35)/t18-,20+/m1/s1. The predicted molar refractivity (Wildman–Crippen MR) is 160 cm³/mol. The summed E-state index contributed by atoms with van der Waals surface area (Å²) in [6, 6.07) is 5.51. The van der Waals surface area contributed by atoms with E-state index in [0.29, 0.717) is 24.6 Å². The summed E-state index contributed by atoms with van der Waals surface area (Å²) in [5.41, 5.74) is 8.85. The molecule has 1 aliphatic heterocycles. The third-order valence-electron chi connectivity index (χ3n) is 7.10. The molecule has 2 fully saturated rings. The van der Waals surface area contributed by atoms with Gasteiger partial charge in [-0.15, -0.1) is 34.0 Å². The number of primary amides is 1. The molecular formula is C27H29N5O4S3. The number of nitrogens with one attached hydrogen (secondary N) is 2. The summed E-state index contributed by atoms with van der Waals surface area (Å²) in [7, 11) is 0. The smallest absolute Gasteiger partial charge is 0.269 e. The number of nitrogens with zero attached hydrogens (tertiary/aromatic N) is 2. The average molecular weight is 584 g/mol. The van der Waals surface area contributed by atoms with Crippen molar-refractivity contribution in [3.63, 3.8) is 0 Å². The number of pyridine rings is 1. The van der Waals surface area contributed by atoms with Crippen molar-refractivity contribution >= 4 is 71.4 Å². The van der Waals surface area contributed by atoms with Crippen LogP contribution in [0.1, 0.15) is 36.2 Å². The van der Waals surface area contributed by atoms with Crippen LogP contribution >= 0.6 is 34.0 Å². The molecule has 9 nitrogen and oxygen atoms in total. The molecule has 1 saturated carbocycles. The van der Waals surface area contributed by atoms with Crippen LogP contribution in [-0.4, -0.2) is 54.4 Å². The summed E-state index contributed by atoms with van der Waals surface area (Å²) in [5.74, 6) is -0.624. The number of carbonyl (C=O) groups is 1. The zero-order valence-electron chi connectivity index (χ0n) is 21.1. The summed E-state index contributed by atoms with van der Waals surface area (Å²) in [6.07, 6.45) is 4.90. The van der Waals surface area contributed by atoms with E-state index in [1.54, 1.807) is 34.9 Å². The largest absolute Gasteiger partial charge is 0.391 e. The van der Waals surface area contributed by atoms with E-state index >= 15 is 0 Å². The van der Waals surface area contributed by atoms with Crippen molar-refractivity contribution in [1.29, 1.82) is 0 Å². The van der Waals surface area contributed by atoms with Crippen LogP contribution in [0.5, 0.6) is 0 Å². The van der Waals surface area contributed by atoms with Gasteiger partial charge in [0.2, 0.25) is 0 Å². The van der Waals surface area contributed by atoms with E-state index in [4.69, 9.17) is 10.5 Å². The van der Waals surface area contributed by atoms with E-state index in [2.05, 4.69) is 20.5 Å². The molecule has 4 aromatic rings. The zero-order valence-corrected chi connectivity index (χ0v) is 23.6. The minimum Gasteiger partial charge on any atom is -0.391 e. The second kappa shape index (κ2) is 11.2. The van der Waals surface area contributed by atoms with Crippen molar-refractivity contribution in [3.8, 4) is 10.4 Å². The molecule has 12 heteroatoms. The summed E-state index contributed by atoms with van der Waals surface area (Å²) in [4.78, 5) is 32.6. The van der Waals surface area contributed by atoms with Crippen LogP contribution in [0.3, 0.4) is 0 Å². The van der Waals surface area contributed by atoms with Crippen LogP contribution in [0, 0.1) is 0 Å². The number of rotatable bonds is 7. The molecule has 0 bridgehead atoms. The van der Waals surface area contributed by atoms with Crippen LogP contribution < -0.4 is 26.7 Å². The monoisotopic (exact) mass is 583 g/mol. The number of aliphatic hydroxyl groups excluding tert-OH is 1. The molecule has 1 amide bonds. The SMILES string of the molecule is NC(=O)c1ncc(N[C@@H]2CCCC[C@@H]2O)cc1Nc1csc(-c2csc3c(=O)cc(N4CCOCC4)sc23)c1. The third kappa shape index (κ3) is 5.52. The fourth-order valence-electron chi connectivity index (χ4n) is 5.07. The highest BCUT2D eigenvalue weighted by Crippen LogP contribution is 2.42. The normalized spacial score (nSPS) is 19.8. The van der Waals surface area contributed by atoms with Gasteiger partial charge in [-0.2, -0.15) is 0 Å². The molecular weight excluding hydrogens is 555 g/mol. The Balaban J connectivity index is 1.28. The average Bonchev–Trinajstić information content (AvgIpc) is 3.58. The fraction of sp³-hybridized carbons (Fsp3) is 0.370. The van der Waals surface area contributed by atoms with Crippen molar-refractivity contribution in [1.82, 2.24) is 4.98 Å². The molecule has 5 N–H and O–H groups in total. The minimum atomic E-state index is -0.624. The number of hydrogen-bond donors (Lipinski definition) is 4. The molecule has 0 radical (unpaired) electrons. The van der Waals surface area contributed by atoms with Crippen molar-refractivity contribution in [2.75, 3.05) is 41.8 Å². The van der Waals surface area contributed by atoms with Crippen LogP contribution in [0.2, 0.25) is 0 Å². The van der Waals surface area contributed by atoms with Gasteiger partial charge in [-0.1, -0.05) is 12.8 Å². The Bertz CT molecular complexity index is 1560. The maximum atomic E-state index is 12.9. The lowest BCUT2D eigenvalue weighted by Gasteiger charge is -2.29. The number of hydrogen-bond acceptors (Lipinski definition) is 11. The summed E-state index contributed by atoms with van der Waals surface area (Å²) >= 11 is 4.68. The molecule has 0 unspecified atom stereocenters. The van der Waals surface area contributed by atoms with Crippen molar-refractivity contribution in [3.05, 3.63) is 51.1 Å². The lowest BCUT2D eigenvalue weighted by molar-refractivity contribution is 0.0996. The van der Waals surface area contributed by atoms with Gasteiger partial charge in [0.25, 0.3) is 5.91 Å². The van der Waals surface area contributed by atoms with Crippen LogP contribution in [0.15, 0.2) is 40.0 Å². The van der Waals surface area contributed by atoms with Gasteiger partial charge >= 0.3 is 0 Å². The molecule has 0 spiro atoms. The van der Waals surface area contributed by atoms with E-state index < -0.39 is 12.0 Å². The van der Waals surface area contributed by atoms with Crippen LogP contribution in [-0.2, 0) is 4.74 Å². The van der Waals surface area contributed by atoms with Crippen molar-refractivity contribution in [2.45, 2.75) is 37.8 Å².